The number of rotatable bonds is 2. The molecule has 9 heavy (non-hydrogen) atoms. The Hall–Kier alpha value is -1.30. The molecule has 48 valence electrons. The van der Waals surface area contributed by atoms with Crippen LogP contribution >= 0.6 is 0 Å². The molecule has 3 nitrogen and oxygen atoms in total. The molecule has 0 aromatic carbocycles. The first-order valence-corrected chi connectivity index (χ1v) is 2.54. The van der Waals surface area contributed by atoms with Crippen molar-refractivity contribution in [2.45, 2.75) is 13.3 Å². The molecule has 0 radical (unpaired) electrons. The number of carboxylic acids is 1. The highest BCUT2D eigenvalue weighted by atomic mass is 16.4. The standard InChI is InChI=1S/C6H7NO2/c1-2-5(4-7)3-6(8)9/h3H,2H2,1H3,(H,8,9)/b5-3-. The maximum atomic E-state index is 9.90. The van der Waals surface area contributed by atoms with Crippen LogP contribution < -0.4 is 0 Å². The topological polar surface area (TPSA) is 61.1 Å². The van der Waals surface area contributed by atoms with E-state index >= 15 is 0 Å². The quantitative estimate of drug-likeness (QED) is 0.441. The Morgan fingerprint density at radius 3 is 2.56 bits per heavy atom. The molecule has 0 unspecified atom stereocenters. The molecule has 0 aromatic heterocycles. The summed E-state index contributed by atoms with van der Waals surface area (Å²) in [6.07, 6.45) is 1.39. The fourth-order valence-electron chi connectivity index (χ4n) is 0.362. The third-order valence-electron chi connectivity index (χ3n) is 0.822. The molecule has 0 atom stereocenters. The molecule has 0 aromatic rings. The Kier molecular flexibility index (Phi) is 3.14. The van der Waals surface area contributed by atoms with Crippen LogP contribution in [0, 0.1) is 11.3 Å². The largest absolute Gasteiger partial charge is 0.478 e. The van der Waals surface area contributed by atoms with Gasteiger partial charge in [0.15, 0.2) is 0 Å². The maximum Gasteiger partial charge on any atom is 0.329 e. The van der Waals surface area contributed by atoms with Gasteiger partial charge in [0.25, 0.3) is 0 Å². The van der Waals surface area contributed by atoms with Crippen LogP contribution in [0.4, 0.5) is 0 Å². The van der Waals surface area contributed by atoms with E-state index in [9.17, 15) is 4.79 Å². The van der Waals surface area contributed by atoms with E-state index in [4.69, 9.17) is 10.4 Å². The van der Waals surface area contributed by atoms with Crippen LogP contribution in [-0.2, 0) is 4.79 Å². The van der Waals surface area contributed by atoms with E-state index in [0.717, 1.165) is 6.08 Å². The van der Waals surface area contributed by atoms with Crippen LogP contribution in [0.15, 0.2) is 11.6 Å². The van der Waals surface area contributed by atoms with Gasteiger partial charge >= 0.3 is 5.97 Å². The molecular formula is C6H7NO2. The fraction of sp³-hybridized carbons (Fsp3) is 0.333. The number of allylic oxidation sites excluding steroid dienone is 1. The minimum atomic E-state index is -1.06. The van der Waals surface area contributed by atoms with Gasteiger partial charge in [0, 0.05) is 11.6 Å². The van der Waals surface area contributed by atoms with E-state index < -0.39 is 5.97 Å². The second-order valence-corrected chi connectivity index (χ2v) is 1.47. The Morgan fingerprint density at radius 2 is 2.44 bits per heavy atom. The normalized spacial score (nSPS) is 10.4. The Morgan fingerprint density at radius 1 is 1.89 bits per heavy atom. The summed E-state index contributed by atoms with van der Waals surface area (Å²) in [5.74, 6) is -1.06. The van der Waals surface area contributed by atoms with Crippen molar-refractivity contribution >= 4 is 5.97 Å². The summed E-state index contributed by atoms with van der Waals surface area (Å²) in [7, 11) is 0. The Bertz CT molecular complexity index is 176. The number of nitrogens with zero attached hydrogens (tertiary/aromatic N) is 1. The van der Waals surface area contributed by atoms with Crippen LogP contribution in [0.5, 0.6) is 0 Å². The minimum Gasteiger partial charge on any atom is -0.478 e. The van der Waals surface area contributed by atoms with Gasteiger partial charge in [-0.05, 0) is 6.42 Å². The van der Waals surface area contributed by atoms with Crippen LogP contribution in [0.1, 0.15) is 13.3 Å². The molecule has 0 saturated carbocycles. The van der Waals surface area contributed by atoms with Crippen LogP contribution in [0.25, 0.3) is 0 Å². The first-order valence-electron chi connectivity index (χ1n) is 2.54. The molecule has 0 saturated heterocycles. The summed E-state index contributed by atoms with van der Waals surface area (Å²) >= 11 is 0. The van der Waals surface area contributed by atoms with Crippen molar-refractivity contribution in [3.8, 4) is 6.07 Å². The molecule has 0 heterocycles. The third kappa shape index (κ3) is 3.30. The molecule has 0 aliphatic carbocycles. The zero-order chi connectivity index (χ0) is 7.28. The lowest BCUT2D eigenvalue weighted by Crippen LogP contribution is -1.89. The van der Waals surface area contributed by atoms with E-state index in [1.807, 2.05) is 0 Å². The van der Waals surface area contributed by atoms with Crippen molar-refractivity contribution in [2.24, 2.45) is 0 Å². The molecule has 3 heteroatoms. The maximum absolute atomic E-state index is 9.90. The number of carboxylic acid groups (broad SMARTS) is 1. The van der Waals surface area contributed by atoms with E-state index in [1.54, 1.807) is 13.0 Å². The van der Waals surface area contributed by atoms with Gasteiger partial charge in [-0.1, -0.05) is 6.92 Å². The molecule has 1 N–H and O–H groups in total. The first kappa shape index (κ1) is 7.70. The summed E-state index contributed by atoms with van der Waals surface area (Å²) in [4.78, 5) is 9.90. The van der Waals surface area contributed by atoms with Crippen LogP contribution in [0.2, 0.25) is 0 Å². The van der Waals surface area contributed by atoms with Crippen molar-refractivity contribution in [1.82, 2.24) is 0 Å². The Labute approximate surface area is 53.2 Å². The van der Waals surface area contributed by atoms with Crippen LogP contribution in [0.3, 0.4) is 0 Å². The van der Waals surface area contributed by atoms with Crippen molar-refractivity contribution in [1.29, 1.82) is 5.26 Å². The number of carbonyl (C=O) groups is 1. The Balaban J connectivity index is 4.13. The van der Waals surface area contributed by atoms with Gasteiger partial charge in [0.2, 0.25) is 0 Å². The average molecular weight is 125 g/mol. The minimum absolute atomic E-state index is 0.294. The predicted octanol–water partition coefficient (Wildman–Crippen LogP) is 0.931. The number of nitriles is 1. The van der Waals surface area contributed by atoms with Gasteiger partial charge in [-0.2, -0.15) is 5.26 Å². The molecule has 0 rings (SSSR count). The van der Waals surface area contributed by atoms with E-state index in [1.165, 1.54) is 0 Å². The highest BCUT2D eigenvalue weighted by molar-refractivity contribution is 5.81. The average Bonchev–Trinajstić information content (AvgIpc) is 1.82. The smallest absolute Gasteiger partial charge is 0.329 e. The second kappa shape index (κ2) is 3.67. The van der Waals surface area contributed by atoms with Crippen molar-refractivity contribution in [3.05, 3.63) is 11.6 Å². The fourth-order valence-corrected chi connectivity index (χ4v) is 0.362. The van der Waals surface area contributed by atoms with Gasteiger partial charge in [-0.25, -0.2) is 4.79 Å². The highest BCUT2D eigenvalue weighted by Crippen LogP contribution is 1.95. The molecular weight excluding hydrogens is 118 g/mol. The summed E-state index contributed by atoms with van der Waals surface area (Å²) in [6, 6.07) is 1.76. The van der Waals surface area contributed by atoms with E-state index in [-0.39, 0.29) is 0 Å². The van der Waals surface area contributed by atoms with Crippen molar-refractivity contribution in [2.75, 3.05) is 0 Å². The first-order chi connectivity index (χ1) is 4.20. The van der Waals surface area contributed by atoms with Gasteiger partial charge in [0.05, 0.1) is 6.07 Å². The summed E-state index contributed by atoms with van der Waals surface area (Å²) in [5.41, 5.74) is 0.294. The van der Waals surface area contributed by atoms with Crippen molar-refractivity contribution < 1.29 is 9.90 Å². The predicted molar refractivity (Wildman–Crippen MR) is 31.6 cm³/mol. The molecule has 0 aliphatic rings. The molecule has 0 amide bonds. The van der Waals surface area contributed by atoms with Crippen LogP contribution in [-0.4, -0.2) is 11.1 Å². The summed E-state index contributed by atoms with van der Waals surface area (Å²) in [5, 5.41) is 16.3. The number of aliphatic carboxylic acids is 1. The summed E-state index contributed by atoms with van der Waals surface area (Å²) < 4.78 is 0. The zero-order valence-electron chi connectivity index (χ0n) is 5.09. The molecule has 0 aliphatic heterocycles. The van der Waals surface area contributed by atoms with E-state index in [2.05, 4.69) is 0 Å². The highest BCUT2D eigenvalue weighted by Gasteiger charge is 1.93. The number of hydrogen-bond acceptors (Lipinski definition) is 2. The number of hydrogen-bond donors (Lipinski definition) is 1. The zero-order valence-corrected chi connectivity index (χ0v) is 5.09. The van der Waals surface area contributed by atoms with Gasteiger partial charge in [0.1, 0.15) is 0 Å². The lowest BCUT2D eigenvalue weighted by atomic mass is 10.2. The van der Waals surface area contributed by atoms with Crippen molar-refractivity contribution in [3.63, 3.8) is 0 Å². The summed E-state index contributed by atoms with van der Waals surface area (Å²) in [6.45, 7) is 1.73. The molecule has 0 spiro atoms. The monoisotopic (exact) mass is 125 g/mol. The lowest BCUT2D eigenvalue weighted by Gasteiger charge is -1.84. The van der Waals surface area contributed by atoms with Gasteiger partial charge < -0.3 is 5.11 Å². The lowest BCUT2D eigenvalue weighted by molar-refractivity contribution is -0.131. The third-order valence-corrected chi connectivity index (χ3v) is 0.822. The molecule has 0 bridgehead atoms. The second-order valence-electron chi connectivity index (χ2n) is 1.47. The van der Waals surface area contributed by atoms with Gasteiger partial charge in [-0.3, -0.25) is 0 Å². The SMILES string of the molecule is CC/C(C#N)=C/C(=O)O. The molecule has 0 fully saturated rings. The van der Waals surface area contributed by atoms with Gasteiger partial charge in [-0.15, -0.1) is 0 Å². The van der Waals surface area contributed by atoms with E-state index in [0.29, 0.717) is 12.0 Å².